The normalized spacial score (nSPS) is 19.9. The van der Waals surface area contributed by atoms with E-state index in [0.29, 0.717) is 6.67 Å². The van der Waals surface area contributed by atoms with Crippen molar-refractivity contribution < 1.29 is 0 Å². The maximum atomic E-state index is 6.10. The average molecular weight is 402 g/mol. The number of allylic oxidation sites excluding steroid dienone is 8. The van der Waals surface area contributed by atoms with Crippen LogP contribution in [0.4, 0.5) is 5.82 Å². The smallest absolute Gasteiger partial charge is 0.186 e. The molecule has 3 heterocycles. The fourth-order valence-electron chi connectivity index (χ4n) is 3.92. The highest BCUT2D eigenvalue weighted by atomic mass is 35.5. The summed E-state index contributed by atoms with van der Waals surface area (Å²) in [6.07, 6.45) is 12.2. The molecule has 5 rings (SSSR count). The molecule has 1 aromatic carbocycles. The van der Waals surface area contributed by atoms with E-state index in [-0.39, 0.29) is 5.94 Å². The van der Waals surface area contributed by atoms with Crippen LogP contribution in [0.5, 0.6) is 0 Å². The van der Waals surface area contributed by atoms with Gasteiger partial charge in [0.05, 0.1) is 16.4 Å². The Morgan fingerprint density at radius 2 is 2.00 bits per heavy atom. The maximum Gasteiger partial charge on any atom is 0.186 e. The number of nitrogens with zero attached hydrogens (tertiary/aromatic N) is 4. The molecule has 1 unspecified atom stereocenters. The highest BCUT2D eigenvalue weighted by molar-refractivity contribution is 6.47. The fraction of sp³-hybridized carbons (Fsp3) is 0.227. The summed E-state index contributed by atoms with van der Waals surface area (Å²) in [7, 11) is 0.955. The molecule has 2 aliphatic heterocycles. The van der Waals surface area contributed by atoms with Gasteiger partial charge >= 0.3 is 0 Å². The lowest BCUT2D eigenvalue weighted by atomic mass is 9.61. The molecule has 1 aromatic heterocycles. The van der Waals surface area contributed by atoms with E-state index in [4.69, 9.17) is 16.7 Å². The number of anilines is 1. The second-order valence-electron chi connectivity index (χ2n) is 7.62. The third kappa shape index (κ3) is 3.72. The molecule has 3 aliphatic rings. The second kappa shape index (κ2) is 7.52. The minimum atomic E-state index is 0.190. The molecule has 29 heavy (non-hydrogen) atoms. The Morgan fingerprint density at radius 1 is 1.10 bits per heavy atom. The Morgan fingerprint density at radius 3 is 2.83 bits per heavy atom. The standard InChI is InChI=1S/C22H21BClN5/c1-14-3-2-4-21(23-14)29-20(15-5-10-18-19(11-15)26-13-25-18)12-22(28-29)27-17-8-6-16(24)7-9-17/h2-6,8,10-12,21,23H,7,9,13H2,1H3,(H,27,28). The number of benzene rings is 1. The van der Waals surface area contributed by atoms with Gasteiger partial charge in [-0.3, -0.25) is 14.7 Å². The molecule has 5 nitrogen and oxygen atoms in total. The Hall–Kier alpha value is -2.86. The van der Waals surface area contributed by atoms with Gasteiger partial charge in [0.15, 0.2) is 13.1 Å². The SMILES string of the molecule is CC1=CC=CC(n2nc(NC3=CC=C(Cl)CC3)cc2-c2ccc3c(c2)=NCN=3)B1. The zero-order chi connectivity index (χ0) is 19.8. The quantitative estimate of drug-likeness (QED) is 0.799. The number of rotatable bonds is 4. The van der Waals surface area contributed by atoms with Crippen LogP contribution in [0.2, 0.25) is 0 Å². The Labute approximate surface area is 175 Å². The summed E-state index contributed by atoms with van der Waals surface area (Å²) in [6.45, 7) is 2.68. The van der Waals surface area contributed by atoms with Crippen molar-refractivity contribution in [3.63, 3.8) is 0 Å². The van der Waals surface area contributed by atoms with Gasteiger partial charge in [-0.25, -0.2) is 0 Å². The summed E-state index contributed by atoms with van der Waals surface area (Å²) in [5.41, 5.74) is 4.66. The number of hydrogen-bond acceptors (Lipinski definition) is 4. The third-order valence-corrected chi connectivity index (χ3v) is 5.75. The van der Waals surface area contributed by atoms with Crippen molar-refractivity contribution in [3.05, 3.63) is 81.6 Å². The van der Waals surface area contributed by atoms with Crippen LogP contribution in [0.1, 0.15) is 25.7 Å². The van der Waals surface area contributed by atoms with E-state index in [2.05, 4.69) is 63.3 Å². The molecule has 2 aromatic rings. The van der Waals surface area contributed by atoms with Crippen LogP contribution in [-0.4, -0.2) is 23.7 Å². The van der Waals surface area contributed by atoms with Crippen LogP contribution in [0.25, 0.3) is 11.3 Å². The molecule has 1 atom stereocenters. The molecule has 0 saturated heterocycles. The lowest BCUT2D eigenvalue weighted by Crippen LogP contribution is -2.22. The first-order chi connectivity index (χ1) is 14.2. The topological polar surface area (TPSA) is 54.6 Å². The predicted octanol–water partition coefficient (Wildman–Crippen LogP) is 3.38. The number of hydrogen-bond donors (Lipinski definition) is 1. The summed E-state index contributed by atoms with van der Waals surface area (Å²) in [6, 6.07) is 8.39. The van der Waals surface area contributed by atoms with Gasteiger partial charge in [0, 0.05) is 28.3 Å². The first-order valence-electron chi connectivity index (χ1n) is 9.91. The number of fused-ring (bicyclic) bond motifs is 1. The second-order valence-corrected chi connectivity index (χ2v) is 8.11. The van der Waals surface area contributed by atoms with Crippen molar-refractivity contribution in [1.82, 2.24) is 9.78 Å². The predicted molar refractivity (Wildman–Crippen MR) is 119 cm³/mol. The molecule has 0 radical (unpaired) electrons. The highest BCUT2D eigenvalue weighted by Gasteiger charge is 2.20. The van der Waals surface area contributed by atoms with E-state index in [1.54, 1.807) is 0 Å². The van der Waals surface area contributed by atoms with E-state index in [9.17, 15) is 0 Å². The number of aromatic nitrogens is 2. The highest BCUT2D eigenvalue weighted by Crippen LogP contribution is 2.29. The van der Waals surface area contributed by atoms with Crippen LogP contribution in [-0.2, 0) is 0 Å². The lowest BCUT2D eigenvalue weighted by molar-refractivity contribution is 0.679. The minimum Gasteiger partial charge on any atom is -0.342 e. The molecule has 0 bridgehead atoms. The van der Waals surface area contributed by atoms with Gasteiger partial charge in [0.2, 0.25) is 0 Å². The van der Waals surface area contributed by atoms with E-state index < -0.39 is 0 Å². The van der Waals surface area contributed by atoms with E-state index in [1.165, 1.54) is 5.47 Å². The Bertz CT molecular complexity index is 1220. The molecule has 0 saturated carbocycles. The monoisotopic (exact) mass is 401 g/mol. The molecule has 144 valence electrons. The maximum absolute atomic E-state index is 6.10. The van der Waals surface area contributed by atoms with Gasteiger partial charge in [0.1, 0.15) is 6.67 Å². The van der Waals surface area contributed by atoms with Crippen LogP contribution in [0.15, 0.2) is 80.8 Å². The zero-order valence-corrected chi connectivity index (χ0v) is 17.0. The minimum absolute atomic E-state index is 0.190. The van der Waals surface area contributed by atoms with Crippen molar-refractivity contribution in [2.75, 3.05) is 12.0 Å². The summed E-state index contributed by atoms with van der Waals surface area (Å²) < 4.78 is 2.12. The van der Waals surface area contributed by atoms with Crippen LogP contribution >= 0.6 is 11.6 Å². The largest absolute Gasteiger partial charge is 0.342 e. The van der Waals surface area contributed by atoms with Crippen molar-refractivity contribution in [3.8, 4) is 11.3 Å². The summed E-state index contributed by atoms with van der Waals surface area (Å²) in [5, 5.41) is 11.2. The van der Waals surface area contributed by atoms with E-state index in [0.717, 1.165) is 58.6 Å². The van der Waals surface area contributed by atoms with Gasteiger partial charge in [-0.2, -0.15) is 5.10 Å². The zero-order valence-electron chi connectivity index (χ0n) is 16.3. The first kappa shape index (κ1) is 18.2. The van der Waals surface area contributed by atoms with Crippen LogP contribution in [0, 0.1) is 0 Å². The Balaban J connectivity index is 1.55. The molecule has 0 amide bonds. The molecule has 1 N–H and O–H groups in total. The van der Waals surface area contributed by atoms with Gasteiger partial charge in [-0.15, -0.1) is 5.47 Å². The van der Waals surface area contributed by atoms with Crippen molar-refractivity contribution in [1.29, 1.82) is 0 Å². The van der Waals surface area contributed by atoms with Crippen molar-refractivity contribution in [2.24, 2.45) is 9.98 Å². The van der Waals surface area contributed by atoms with Gasteiger partial charge in [-0.1, -0.05) is 42.8 Å². The molecular formula is C22H21BClN5. The number of nitrogens with one attached hydrogen (secondary N) is 1. The van der Waals surface area contributed by atoms with Crippen LogP contribution < -0.4 is 16.0 Å². The van der Waals surface area contributed by atoms with Crippen molar-refractivity contribution >= 4 is 24.7 Å². The lowest BCUT2D eigenvalue weighted by Gasteiger charge is -2.18. The summed E-state index contributed by atoms with van der Waals surface area (Å²) in [5.74, 6) is 1.04. The average Bonchev–Trinajstić information content (AvgIpc) is 3.36. The number of halogens is 1. The van der Waals surface area contributed by atoms with Gasteiger partial charge in [0.25, 0.3) is 0 Å². The molecule has 0 fully saturated rings. The van der Waals surface area contributed by atoms with Crippen LogP contribution in [0.3, 0.4) is 0 Å². The first-order valence-corrected chi connectivity index (χ1v) is 10.3. The summed E-state index contributed by atoms with van der Waals surface area (Å²) in [4.78, 5) is 8.89. The molecule has 7 heteroatoms. The van der Waals surface area contributed by atoms with Gasteiger partial charge < -0.3 is 5.32 Å². The summed E-state index contributed by atoms with van der Waals surface area (Å²) >= 11 is 6.10. The molecule has 1 aliphatic carbocycles. The van der Waals surface area contributed by atoms with Gasteiger partial charge in [-0.05, 0) is 37.1 Å². The van der Waals surface area contributed by atoms with E-state index in [1.807, 2.05) is 18.2 Å². The molecule has 0 spiro atoms. The molecular weight excluding hydrogens is 381 g/mol. The van der Waals surface area contributed by atoms with E-state index >= 15 is 0 Å². The van der Waals surface area contributed by atoms with Crippen molar-refractivity contribution in [2.45, 2.75) is 25.7 Å². The Kier molecular flexibility index (Phi) is 4.72. The fourth-order valence-corrected chi connectivity index (χ4v) is 4.07. The third-order valence-electron chi connectivity index (χ3n) is 5.44.